The SMILES string of the molecule is CS(=O)(=O)c1ccc(-c2nc(-c3cccc(F)c3)cn2-c2ccc(Cl)cc2)cc1. The zero-order valence-electron chi connectivity index (χ0n) is 15.4. The van der Waals surface area contributed by atoms with Crippen LogP contribution in [0.4, 0.5) is 4.39 Å². The van der Waals surface area contributed by atoms with Crippen LogP contribution in [-0.2, 0) is 9.84 Å². The number of rotatable bonds is 4. The van der Waals surface area contributed by atoms with Gasteiger partial charge in [0.05, 0.1) is 10.6 Å². The van der Waals surface area contributed by atoms with Crippen LogP contribution in [0.1, 0.15) is 0 Å². The van der Waals surface area contributed by atoms with Crippen molar-refractivity contribution in [3.05, 3.63) is 89.8 Å². The van der Waals surface area contributed by atoms with E-state index in [1.165, 1.54) is 18.4 Å². The van der Waals surface area contributed by atoms with Crippen molar-refractivity contribution in [1.29, 1.82) is 0 Å². The second-order valence-electron chi connectivity index (χ2n) is 6.60. The number of nitrogens with zero attached hydrogens (tertiary/aromatic N) is 2. The zero-order valence-corrected chi connectivity index (χ0v) is 17.0. The van der Waals surface area contributed by atoms with E-state index in [2.05, 4.69) is 0 Å². The van der Waals surface area contributed by atoms with Gasteiger partial charge in [0.25, 0.3) is 0 Å². The second kappa shape index (κ2) is 7.46. The molecule has 0 saturated carbocycles. The summed E-state index contributed by atoms with van der Waals surface area (Å²) in [5.41, 5.74) is 2.80. The molecule has 0 spiro atoms. The zero-order chi connectivity index (χ0) is 20.6. The third kappa shape index (κ3) is 4.09. The van der Waals surface area contributed by atoms with Gasteiger partial charge in [0.2, 0.25) is 0 Å². The van der Waals surface area contributed by atoms with Gasteiger partial charge >= 0.3 is 0 Å². The van der Waals surface area contributed by atoms with Gasteiger partial charge < -0.3 is 0 Å². The predicted molar refractivity (Wildman–Crippen MR) is 113 cm³/mol. The maximum Gasteiger partial charge on any atom is 0.175 e. The van der Waals surface area contributed by atoms with E-state index in [0.29, 0.717) is 22.1 Å². The van der Waals surface area contributed by atoms with Crippen LogP contribution in [0.2, 0.25) is 5.02 Å². The molecule has 3 aromatic carbocycles. The summed E-state index contributed by atoms with van der Waals surface area (Å²) in [5.74, 6) is 0.259. The highest BCUT2D eigenvalue weighted by molar-refractivity contribution is 7.90. The molecule has 0 aliphatic rings. The lowest BCUT2D eigenvalue weighted by atomic mass is 10.2. The van der Waals surface area contributed by atoms with Crippen LogP contribution in [0.5, 0.6) is 0 Å². The third-order valence-corrected chi connectivity index (χ3v) is 5.85. The standard InChI is InChI=1S/C22H16ClFN2O2S/c1-29(27,28)20-11-5-15(6-12-20)22-25-21(16-3-2-4-18(24)13-16)14-26(22)19-9-7-17(23)8-10-19/h2-14H,1H3. The average molecular weight is 427 g/mol. The van der Waals surface area contributed by atoms with Crippen LogP contribution >= 0.6 is 11.6 Å². The smallest absolute Gasteiger partial charge is 0.175 e. The number of imidazole rings is 1. The summed E-state index contributed by atoms with van der Waals surface area (Å²) in [6, 6.07) is 20.0. The molecule has 0 N–H and O–H groups in total. The molecule has 0 unspecified atom stereocenters. The van der Waals surface area contributed by atoms with Crippen LogP contribution in [0, 0.1) is 5.82 Å². The fraction of sp³-hybridized carbons (Fsp3) is 0.0455. The summed E-state index contributed by atoms with van der Waals surface area (Å²) in [6.07, 6.45) is 2.98. The Hall–Kier alpha value is -2.96. The minimum Gasteiger partial charge on any atom is -0.299 e. The summed E-state index contributed by atoms with van der Waals surface area (Å²) >= 11 is 6.01. The molecule has 1 aromatic heterocycles. The van der Waals surface area contributed by atoms with E-state index in [9.17, 15) is 12.8 Å². The van der Waals surface area contributed by atoms with E-state index in [1.807, 2.05) is 22.9 Å². The van der Waals surface area contributed by atoms with Crippen molar-refractivity contribution in [2.45, 2.75) is 4.90 Å². The number of aromatic nitrogens is 2. The summed E-state index contributed by atoms with van der Waals surface area (Å²) in [6.45, 7) is 0. The molecule has 4 nitrogen and oxygen atoms in total. The minimum atomic E-state index is -3.29. The van der Waals surface area contributed by atoms with Crippen molar-refractivity contribution in [3.8, 4) is 28.3 Å². The Kier molecular flexibility index (Phi) is 4.98. The van der Waals surface area contributed by atoms with Crippen molar-refractivity contribution in [2.24, 2.45) is 0 Å². The molecule has 0 aliphatic heterocycles. The first-order valence-electron chi connectivity index (χ1n) is 8.73. The van der Waals surface area contributed by atoms with Gasteiger partial charge in [0.1, 0.15) is 11.6 Å². The van der Waals surface area contributed by atoms with E-state index >= 15 is 0 Å². The van der Waals surface area contributed by atoms with Crippen molar-refractivity contribution in [2.75, 3.05) is 6.26 Å². The Labute approximate surface area is 173 Å². The van der Waals surface area contributed by atoms with Crippen LogP contribution in [0.15, 0.2) is 83.9 Å². The second-order valence-corrected chi connectivity index (χ2v) is 9.06. The molecule has 4 aromatic rings. The number of sulfone groups is 1. The molecule has 0 bridgehead atoms. The molecule has 7 heteroatoms. The molecule has 1 heterocycles. The molecule has 0 atom stereocenters. The highest BCUT2D eigenvalue weighted by Crippen LogP contribution is 2.29. The fourth-order valence-corrected chi connectivity index (χ4v) is 3.78. The maximum absolute atomic E-state index is 13.7. The molecule has 0 saturated heterocycles. The molecule has 4 rings (SSSR count). The predicted octanol–water partition coefficient (Wildman–Crippen LogP) is 5.40. The molecule has 0 amide bonds. The van der Waals surface area contributed by atoms with Crippen LogP contribution in [0.3, 0.4) is 0 Å². The average Bonchev–Trinajstić information content (AvgIpc) is 3.13. The Morgan fingerprint density at radius 2 is 1.62 bits per heavy atom. The Bertz CT molecular complexity index is 1280. The molecule has 0 aliphatic carbocycles. The Morgan fingerprint density at radius 1 is 0.931 bits per heavy atom. The molecular formula is C22H16ClFN2O2S. The van der Waals surface area contributed by atoms with Gasteiger partial charge in [-0.15, -0.1) is 0 Å². The normalized spacial score (nSPS) is 11.6. The van der Waals surface area contributed by atoms with E-state index < -0.39 is 9.84 Å². The van der Waals surface area contributed by atoms with E-state index in [1.54, 1.807) is 48.5 Å². The van der Waals surface area contributed by atoms with Crippen molar-refractivity contribution in [1.82, 2.24) is 9.55 Å². The number of halogens is 2. The van der Waals surface area contributed by atoms with E-state index in [4.69, 9.17) is 16.6 Å². The Balaban J connectivity index is 1.88. The summed E-state index contributed by atoms with van der Waals surface area (Å²) in [5, 5.41) is 0.610. The summed E-state index contributed by atoms with van der Waals surface area (Å²) in [7, 11) is -3.29. The van der Waals surface area contributed by atoms with Crippen molar-refractivity contribution < 1.29 is 12.8 Å². The molecule has 0 fully saturated rings. The minimum absolute atomic E-state index is 0.233. The highest BCUT2D eigenvalue weighted by Gasteiger charge is 2.15. The van der Waals surface area contributed by atoms with Gasteiger partial charge in [-0.25, -0.2) is 17.8 Å². The quantitative estimate of drug-likeness (QED) is 0.439. The summed E-state index contributed by atoms with van der Waals surface area (Å²) in [4.78, 5) is 4.93. The van der Waals surface area contributed by atoms with Crippen molar-refractivity contribution in [3.63, 3.8) is 0 Å². The van der Waals surface area contributed by atoms with Gasteiger partial charge in [-0.05, 0) is 60.7 Å². The highest BCUT2D eigenvalue weighted by atomic mass is 35.5. The lowest BCUT2D eigenvalue weighted by Gasteiger charge is -2.08. The summed E-state index contributed by atoms with van der Waals surface area (Å²) < 4.78 is 39.1. The van der Waals surface area contributed by atoms with Gasteiger partial charge in [0, 0.05) is 34.3 Å². The lowest BCUT2D eigenvalue weighted by Crippen LogP contribution is -1.98. The van der Waals surface area contributed by atoms with Crippen LogP contribution in [0.25, 0.3) is 28.3 Å². The van der Waals surface area contributed by atoms with Crippen LogP contribution in [-0.4, -0.2) is 24.2 Å². The number of benzene rings is 3. The number of hydrogen-bond acceptors (Lipinski definition) is 3. The van der Waals surface area contributed by atoms with Gasteiger partial charge in [-0.2, -0.15) is 0 Å². The molecule has 0 radical (unpaired) electrons. The van der Waals surface area contributed by atoms with E-state index in [-0.39, 0.29) is 10.7 Å². The van der Waals surface area contributed by atoms with Gasteiger partial charge in [-0.3, -0.25) is 4.57 Å². The van der Waals surface area contributed by atoms with Crippen LogP contribution < -0.4 is 0 Å². The maximum atomic E-state index is 13.7. The first kappa shape index (κ1) is 19.4. The number of hydrogen-bond donors (Lipinski definition) is 0. The van der Waals surface area contributed by atoms with Crippen molar-refractivity contribution >= 4 is 21.4 Å². The fourth-order valence-electron chi connectivity index (χ4n) is 3.02. The van der Waals surface area contributed by atoms with Gasteiger partial charge in [-0.1, -0.05) is 23.7 Å². The Morgan fingerprint density at radius 3 is 2.24 bits per heavy atom. The first-order chi connectivity index (χ1) is 13.8. The molecule has 146 valence electrons. The van der Waals surface area contributed by atoms with E-state index in [0.717, 1.165) is 11.3 Å². The topological polar surface area (TPSA) is 52.0 Å². The monoisotopic (exact) mass is 426 g/mol. The lowest BCUT2D eigenvalue weighted by molar-refractivity contribution is 0.602. The van der Waals surface area contributed by atoms with Gasteiger partial charge in [0.15, 0.2) is 9.84 Å². The first-order valence-corrected chi connectivity index (χ1v) is 11.0. The third-order valence-electron chi connectivity index (χ3n) is 4.47. The molecular weight excluding hydrogens is 411 g/mol. The largest absolute Gasteiger partial charge is 0.299 e. The molecule has 29 heavy (non-hydrogen) atoms.